The number of carbonyl (C=O) groups is 2. The van der Waals surface area contributed by atoms with Crippen molar-refractivity contribution >= 4 is 22.8 Å². The Hall–Kier alpha value is -2.37. The Morgan fingerprint density at radius 3 is 2.71 bits per heavy atom. The summed E-state index contributed by atoms with van der Waals surface area (Å²) < 4.78 is 0. The lowest BCUT2D eigenvalue weighted by Gasteiger charge is -2.23. The van der Waals surface area contributed by atoms with Crippen molar-refractivity contribution in [3.63, 3.8) is 0 Å². The van der Waals surface area contributed by atoms with Crippen LogP contribution in [0.3, 0.4) is 0 Å². The number of hydrogen-bond donors (Lipinski definition) is 1. The van der Waals surface area contributed by atoms with E-state index in [2.05, 4.69) is 9.97 Å². The first-order chi connectivity index (χ1) is 11.5. The predicted molar refractivity (Wildman–Crippen MR) is 92.4 cm³/mol. The topological polar surface area (TPSA) is 69.3 Å². The molecule has 0 radical (unpaired) electrons. The number of fused-ring (bicyclic) bond motifs is 1. The monoisotopic (exact) mass is 328 g/mol. The summed E-state index contributed by atoms with van der Waals surface area (Å²) in [6.45, 7) is 6.53. The zero-order chi connectivity index (χ0) is 17.1. The van der Waals surface area contributed by atoms with Crippen LogP contribution in [0.15, 0.2) is 24.5 Å². The molecule has 1 saturated heterocycles. The fraction of sp³-hybridized carbons (Fsp3) is 0.500. The number of carbonyl (C=O) groups excluding carboxylic acids is 2. The van der Waals surface area contributed by atoms with Gasteiger partial charge in [0.2, 0.25) is 11.8 Å². The molecule has 0 unspecified atom stereocenters. The average molecular weight is 328 g/mol. The molecule has 0 saturated carbocycles. The molecular formula is C18H24N4O2. The maximum absolute atomic E-state index is 12.6. The molecule has 0 spiro atoms. The SMILES string of the molecule is CC(C)C(=O)N1CCCN(C(=O)Cc2ccc3nc[nH]c3c2)CC1. The molecule has 1 N–H and O–H groups in total. The summed E-state index contributed by atoms with van der Waals surface area (Å²) in [6, 6.07) is 5.86. The summed E-state index contributed by atoms with van der Waals surface area (Å²) in [7, 11) is 0. The molecule has 1 aliphatic rings. The number of imidazole rings is 1. The summed E-state index contributed by atoms with van der Waals surface area (Å²) in [5.41, 5.74) is 2.84. The number of nitrogens with one attached hydrogen (secondary N) is 1. The number of aromatic amines is 1. The highest BCUT2D eigenvalue weighted by molar-refractivity contribution is 5.82. The third kappa shape index (κ3) is 3.58. The van der Waals surface area contributed by atoms with Crippen molar-refractivity contribution in [2.24, 2.45) is 5.92 Å². The first-order valence-corrected chi connectivity index (χ1v) is 8.53. The zero-order valence-corrected chi connectivity index (χ0v) is 14.3. The number of amides is 2. The molecule has 1 aromatic heterocycles. The van der Waals surface area contributed by atoms with Gasteiger partial charge in [-0.3, -0.25) is 9.59 Å². The smallest absolute Gasteiger partial charge is 0.227 e. The fourth-order valence-electron chi connectivity index (χ4n) is 3.13. The predicted octanol–water partition coefficient (Wildman–Crippen LogP) is 1.82. The van der Waals surface area contributed by atoms with E-state index in [1.807, 2.05) is 41.8 Å². The van der Waals surface area contributed by atoms with E-state index in [1.165, 1.54) is 0 Å². The van der Waals surface area contributed by atoms with Crippen LogP contribution < -0.4 is 0 Å². The van der Waals surface area contributed by atoms with Crippen molar-refractivity contribution in [2.45, 2.75) is 26.7 Å². The summed E-state index contributed by atoms with van der Waals surface area (Å²) >= 11 is 0. The van der Waals surface area contributed by atoms with Gasteiger partial charge in [0, 0.05) is 32.1 Å². The largest absolute Gasteiger partial charge is 0.345 e. The number of rotatable bonds is 3. The van der Waals surface area contributed by atoms with Gasteiger partial charge in [-0.1, -0.05) is 19.9 Å². The Morgan fingerprint density at radius 2 is 1.92 bits per heavy atom. The van der Waals surface area contributed by atoms with Gasteiger partial charge in [0.25, 0.3) is 0 Å². The second kappa shape index (κ2) is 7.03. The molecule has 1 aromatic carbocycles. The summed E-state index contributed by atoms with van der Waals surface area (Å²) in [6.07, 6.45) is 2.88. The fourth-order valence-corrected chi connectivity index (χ4v) is 3.13. The molecule has 0 aliphatic carbocycles. The number of hydrogen-bond acceptors (Lipinski definition) is 3. The van der Waals surface area contributed by atoms with Gasteiger partial charge in [0.1, 0.15) is 0 Å². The summed E-state index contributed by atoms with van der Waals surface area (Å²) in [4.78, 5) is 35.8. The molecule has 1 fully saturated rings. The molecule has 2 heterocycles. The third-order valence-electron chi connectivity index (χ3n) is 4.49. The van der Waals surface area contributed by atoms with Crippen molar-refractivity contribution in [1.82, 2.24) is 19.8 Å². The highest BCUT2D eigenvalue weighted by Crippen LogP contribution is 2.14. The Kier molecular flexibility index (Phi) is 4.83. The Labute approximate surface area is 141 Å². The van der Waals surface area contributed by atoms with Gasteiger partial charge in [0.15, 0.2) is 0 Å². The van der Waals surface area contributed by atoms with Crippen molar-refractivity contribution in [3.05, 3.63) is 30.1 Å². The molecule has 6 nitrogen and oxygen atoms in total. The summed E-state index contributed by atoms with van der Waals surface area (Å²) in [5, 5.41) is 0. The normalized spacial score (nSPS) is 15.8. The van der Waals surface area contributed by atoms with Gasteiger partial charge in [0.05, 0.1) is 23.8 Å². The van der Waals surface area contributed by atoms with Gasteiger partial charge in [-0.05, 0) is 24.1 Å². The van der Waals surface area contributed by atoms with E-state index in [-0.39, 0.29) is 17.7 Å². The molecule has 2 aromatic rings. The van der Waals surface area contributed by atoms with Crippen molar-refractivity contribution in [1.29, 1.82) is 0 Å². The van der Waals surface area contributed by atoms with E-state index in [1.54, 1.807) is 6.33 Å². The van der Waals surface area contributed by atoms with E-state index < -0.39 is 0 Å². The quantitative estimate of drug-likeness (QED) is 0.934. The van der Waals surface area contributed by atoms with Crippen LogP contribution in [0.4, 0.5) is 0 Å². The lowest BCUT2D eigenvalue weighted by atomic mass is 10.1. The maximum atomic E-state index is 12.6. The van der Waals surface area contributed by atoms with Crippen molar-refractivity contribution in [3.8, 4) is 0 Å². The third-order valence-corrected chi connectivity index (χ3v) is 4.49. The molecule has 0 atom stereocenters. The molecule has 1 aliphatic heterocycles. The lowest BCUT2D eigenvalue weighted by Crippen LogP contribution is -2.39. The standard InChI is InChI=1S/C18H24N4O2/c1-13(2)18(24)22-7-3-6-21(8-9-22)17(23)11-14-4-5-15-16(10-14)20-12-19-15/h4-5,10,12-13H,3,6-9,11H2,1-2H3,(H,19,20). The molecular weight excluding hydrogens is 304 g/mol. The van der Waals surface area contributed by atoms with Crippen LogP contribution in [-0.2, 0) is 16.0 Å². The number of H-pyrrole nitrogens is 1. The Bertz CT molecular complexity index is 737. The summed E-state index contributed by atoms with van der Waals surface area (Å²) in [5.74, 6) is 0.301. The zero-order valence-electron chi connectivity index (χ0n) is 14.3. The first kappa shape index (κ1) is 16.5. The van der Waals surface area contributed by atoms with Crippen LogP contribution in [0, 0.1) is 5.92 Å². The van der Waals surface area contributed by atoms with E-state index in [4.69, 9.17) is 0 Å². The first-order valence-electron chi connectivity index (χ1n) is 8.53. The van der Waals surface area contributed by atoms with E-state index in [0.717, 1.165) is 29.6 Å². The Morgan fingerprint density at radius 1 is 1.17 bits per heavy atom. The minimum absolute atomic E-state index is 0.00776. The lowest BCUT2D eigenvalue weighted by molar-refractivity contribution is -0.135. The van der Waals surface area contributed by atoms with Crippen molar-refractivity contribution < 1.29 is 9.59 Å². The maximum Gasteiger partial charge on any atom is 0.227 e. The van der Waals surface area contributed by atoms with E-state index in [9.17, 15) is 9.59 Å². The van der Waals surface area contributed by atoms with Crippen LogP contribution >= 0.6 is 0 Å². The number of benzene rings is 1. The number of aromatic nitrogens is 2. The van der Waals surface area contributed by atoms with Crippen LogP contribution in [0.2, 0.25) is 0 Å². The highest BCUT2D eigenvalue weighted by Gasteiger charge is 2.23. The molecule has 3 rings (SSSR count). The minimum atomic E-state index is 0.00776. The van der Waals surface area contributed by atoms with Crippen LogP contribution in [0.1, 0.15) is 25.8 Å². The van der Waals surface area contributed by atoms with Gasteiger partial charge >= 0.3 is 0 Å². The van der Waals surface area contributed by atoms with Gasteiger partial charge in [-0.25, -0.2) is 4.98 Å². The highest BCUT2D eigenvalue weighted by atomic mass is 16.2. The second-order valence-electron chi connectivity index (χ2n) is 6.65. The van der Waals surface area contributed by atoms with E-state index in [0.29, 0.717) is 26.1 Å². The van der Waals surface area contributed by atoms with Crippen LogP contribution in [-0.4, -0.2) is 57.8 Å². The Balaban J connectivity index is 1.61. The molecule has 6 heteroatoms. The average Bonchev–Trinajstić information content (AvgIpc) is 2.88. The second-order valence-corrected chi connectivity index (χ2v) is 6.65. The van der Waals surface area contributed by atoms with Crippen molar-refractivity contribution in [2.75, 3.05) is 26.2 Å². The molecule has 2 amide bonds. The van der Waals surface area contributed by atoms with Crippen LogP contribution in [0.25, 0.3) is 11.0 Å². The molecule has 0 bridgehead atoms. The van der Waals surface area contributed by atoms with E-state index >= 15 is 0 Å². The van der Waals surface area contributed by atoms with Gasteiger partial charge < -0.3 is 14.8 Å². The van der Waals surface area contributed by atoms with Gasteiger partial charge in [-0.15, -0.1) is 0 Å². The van der Waals surface area contributed by atoms with Gasteiger partial charge in [-0.2, -0.15) is 0 Å². The number of nitrogens with zero attached hydrogens (tertiary/aromatic N) is 3. The van der Waals surface area contributed by atoms with Crippen LogP contribution in [0.5, 0.6) is 0 Å². The molecule has 128 valence electrons. The molecule has 24 heavy (non-hydrogen) atoms. The minimum Gasteiger partial charge on any atom is -0.345 e.